The maximum absolute atomic E-state index is 12.9. The molecule has 3 atom stereocenters. The van der Waals surface area contributed by atoms with Crippen LogP contribution in [-0.4, -0.2) is 41.4 Å². The second kappa shape index (κ2) is 11.6. The Balaban J connectivity index is 0.00000210. The molecule has 0 spiro atoms. The van der Waals surface area contributed by atoms with Crippen LogP contribution in [0.3, 0.4) is 0 Å². The van der Waals surface area contributed by atoms with E-state index in [-0.39, 0.29) is 36.8 Å². The van der Waals surface area contributed by atoms with Crippen molar-refractivity contribution in [2.75, 3.05) is 13.6 Å². The standard InChI is InChI=1S/C23H31N3O.2ClH/c1-17-9-11-20(12-10-17)22(24)23(27)25(3)21-13-14-26(18(2)15-21)16-19-7-5-4-6-8-19;;/h4-12,18,21-22H,13-16,24H2,1-3H3;2*1H. The van der Waals surface area contributed by atoms with E-state index in [1.165, 1.54) is 11.1 Å². The molecule has 1 aliphatic rings. The summed E-state index contributed by atoms with van der Waals surface area (Å²) < 4.78 is 0. The summed E-state index contributed by atoms with van der Waals surface area (Å²) in [6.07, 6.45) is 1.97. The summed E-state index contributed by atoms with van der Waals surface area (Å²) in [7, 11) is 1.90. The molecule has 160 valence electrons. The van der Waals surface area contributed by atoms with Crippen molar-refractivity contribution < 1.29 is 4.79 Å². The average molecular weight is 438 g/mol. The number of piperidine rings is 1. The van der Waals surface area contributed by atoms with Gasteiger partial charge in [-0.2, -0.15) is 0 Å². The molecule has 0 aliphatic carbocycles. The van der Waals surface area contributed by atoms with E-state index in [4.69, 9.17) is 5.73 Å². The molecule has 2 aromatic rings. The topological polar surface area (TPSA) is 49.6 Å². The minimum atomic E-state index is -0.590. The zero-order chi connectivity index (χ0) is 19.4. The number of halogens is 2. The predicted octanol–water partition coefficient (Wildman–Crippen LogP) is 4.35. The molecule has 0 bridgehead atoms. The lowest BCUT2D eigenvalue weighted by Crippen LogP contribution is -2.50. The zero-order valence-corrected chi connectivity index (χ0v) is 19.1. The molecule has 4 nitrogen and oxygen atoms in total. The number of nitrogens with zero attached hydrogens (tertiary/aromatic N) is 2. The maximum Gasteiger partial charge on any atom is 0.244 e. The Morgan fingerprint density at radius 3 is 2.34 bits per heavy atom. The molecule has 1 heterocycles. The number of carbonyl (C=O) groups is 1. The first-order valence-corrected chi connectivity index (χ1v) is 9.82. The van der Waals surface area contributed by atoms with Gasteiger partial charge in [-0.1, -0.05) is 60.2 Å². The molecule has 3 unspecified atom stereocenters. The van der Waals surface area contributed by atoms with Crippen molar-refractivity contribution in [3.63, 3.8) is 0 Å². The summed E-state index contributed by atoms with van der Waals surface area (Å²) in [4.78, 5) is 17.3. The molecule has 2 aromatic carbocycles. The first kappa shape index (κ1) is 25.4. The Hall–Kier alpha value is -1.59. The van der Waals surface area contributed by atoms with E-state index in [1.807, 2.05) is 43.1 Å². The van der Waals surface area contributed by atoms with Gasteiger partial charge in [0, 0.05) is 32.2 Å². The number of amides is 1. The highest BCUT2D eigenvalue weighted by Gasteiger charge is 2.31. The van der Waals surface area contributed by atoms with E-state index >= 15 is 0 Å². The van der Waals surface area contributed by atoms with Gasteiger partial charge in [-0.3, -0.25) is 9.69 Å². The number of hydrogen-bond donors (Lipinski definition) is 1. The predicted molar refractivity (Wildman–Crippen MR) is 125 cm³/mol. The van der Waals surface area contributed by atoms with Gasteiger partial charge in [0.05, 0.1) is 0 Å². The normalized spacial score (nSPS) is 20.1. The smallest absolute Gasteiger partial charge is 0.244 e. The van der Waals surface area contributed by atoms with Crippen molar-refractivity contribution in [1.82, 2.24) is 9.80 Å². The highest BCUT2D eigenvalue weighted by Crippen LogP contribution is 2.25. The van der Waals surface area contributed by atoms with E-state index in [9.17, 15) is 4.79 Å². The highest BCUT2D eigenvalue weighted by atomic mass is 35.5. The van der Waals surface area contributed by atoms with Gasteiger partial charge in [-0.05, 0) is 37.8 Å². The minimum absolute atomic E-state index is 0. The molecule has 0 radical (unpaired) electrons. The molecule has 3 rings (SSSR count). The van der Waals surface area contributed by atoms with Crippen LogP contribution < -0.4 is 5.73 Å². The van der Waals surface area contributed by atoms with Crippen LogP contribution in [0.15, 0.2) is 54.6 Å². The molecule has 6 heteroatoms. The average Bonchev–Trinajstić information content (AvgIpc) is 2.69. The van der Waals surface area contributed by atoms with Crippen molar-refractivity contribution in [3.05, 3.63) is 71.3 Å². The van der Waals surface area contributed by atoms with Gasteiger partial charge in [0.1, 0.15) is 6.04 Å². The van der Waals surface area contributed by atoms with Crippen LogP contribution in [-0.2, 0) is 11.3 Å². The quantitative estimate of drug-likeness (QED) is 0.755. The number of benzene rings is 2. The maximum atomic E-state index is 12.9. The number of aryl methyl sites for hydroxylation is 1. The van der Waals surface area contributed by atoms with Gasteiger partial charge in [-0.15, -0.1) is 24.8 Å². The first-order chi connectivity index (χ1) is 13.0. The van der Waals surface area contributed by atoms with Crippen LogP contribution in [0.4, 0.5) is 0 Å². The van der Waals surface area contributed by atoms with Crippen molar-refractivity contribution in [1.29, 1.82) is 0 Å². The Bertz CT molecular complexity index is 754. The molecular formula is C23H33Cl2N3O. The van der Waals surface area contributed by atoms with Crippen LogP contribution in [0.2, 0.25) is 0 Å². The summed E-state index contributed by atoms with van der Waals surface area (Å²) in [5.74, 6) is 0.00700. The van der Waals surface area contributed by atoms with Crippen LogP contribution in [0.25, 0.3) is 0 Å². The molecule has 29 heavy (non-hydrogen) atoms. The third-order valence-electron chi connectivity index (χ3n) is 5.81. The van der Waals surface area contributed by atoms with E-state index in [0.717, 1.165) is 31.5 Å². The van der Waals surface area contributed by atoms with Crippen LogP contribution in [0.1, 0.15) is 42.5 Å². The summed E-state index contributed by atoms with van der Waals surface area (Å²) in [5.41, 5.74) is 9.65. The SMILES string of the molecule is Cc1ccc(C(N)C(=O)N(C)C2CCN(Cc3ccccc3)C(C)C2)cc1.Cl.Cl. The van der Waals surface area contributed by atoms with Crippen LogP contribution in [0, 0.1) is 6.92 Å². The monoisotopic (exact) mass is 437 g/mol. The third kappa shape index (κ3) is 6.45. The Kier molecular flexibility index (Phi) is 10.1. The van der Waals surface area contributed by atoms with Gasteiger partial charge >= 0.3 is 0 Å². The highest BCUT2D eigenvalue weighted by molar-refractivity contribution is 5.85. The number of likely N-dealkylation sites (N-methyl/N-ethyl adjacent to an activating group) is 1. The Labute approximate surface area is 187 Å². The lowest BCUT2D eigenvalue weighted by atomic mass is 9.95. The molecule has 0 aromatic heterocycles. The summed E-state index contributed by atoms with van der Waals surface area (Å²) in [6.45, 7) is 6.26. The number of nitrogens with two attached hydrogens (primary N) is 1. The second-order valence-corrected chi connectivity index (χ2v) is 7.82. The molecule has 0 saturated carbocycles. The van der Waals surface area contributed by atoms with E-state index in [2.05, 4.69) is 42.2 Å². The van der Waals surface area contributed by atoms with Gasteiger partial charge in [0.25, 0.3) is 0 Å². The molecule has 1 fully saturated rings. The first-order valence-electron chi connectivity index (χ1n) is 9.82. The summed E-state index contributed by atoms with van der Waals surface area (Å²) >= 11 is 0. The van der Waals surface area contributed by atoms with Gasteiger partial charge < -0.3 is 10.6 Å². The zero-order valence-electron chi connectivity index (χ0n) is 17.5. The fraction of sp³-hybridized carbons (Fsp3) is 0.435. The van der Waals surface area contributed by atoms with Crippen molar-refractivity contribution in [2.45, 2.75) is 51.4 Å². The fourth-order valence-corrected chi connectivity index (χ4v) is 3.92. The molecular weight excluding hydrogens is 405 g/mol. The number of rotatable bonds is 5. The lowest BCUT2D eigenvalue weighted by molar-refractivity contribution is -0.134. The molecule has 1 amide bonds. The molecule has 1 saturated heterocycles. The van der Waals surface area contributed by atoms with E-state index in [1.54, 1.807) is 0 Å². The second-order valence-electron chi connectivity index (χ2n) is 7.82. The Morgan fingerprint density at radius 2 is 1.76 bits per heavy atom. The van der Waals surface area contributed by atoms with Gasteiger partial charge in [0.15, 0.2) is 0 Å². The third-order valence-corrected chi connectivity index (χ3v) is 5.81. The van der Waals surface area contributed by atoms with Crippen molar-refractivity contribution in [2.24, 2.45) is 5.73 Å². The number of carbonyl (C=O) groups excluding carboxylic acids is 1. The van der Waals surface area contributed by atoms with Crippen molar-refractivity contribution >= 4 is 30.7 Å². The lowest BCUT2D eigenvalue weighted by Gasteiger charge is -2.41. The minimum Gasteiger partial charge on any atom is -0.341 e. The Morgan fingerprint density at radius 1 is 1.14 bits per heavy atom. The van der Waals surface area contributed by atoms with Gasteiger partial charge in [0.2, 0.25) is 5.91 Å². The molecule has 1 aliphatic heterocycles. The molecule has 2 N–H and O–H groups in total. The van der Waals surface area contributed by atoms with Crippen molar-refractivity contribution in [3.8, 4) is 0 Å². The number of hydrogen-bond acceptors (Lipinski definition) is 3. The fourth-order valence-electron chi connectivity index (χ4n) is 3.92. The van der Waals surface area contributed by atoms with Crippen LogP contribution in [0.5, 0.6) is 0 Å². The van der Waals surface area contributed by atoms with Gasteiger partial charge in [-0.25, -0.2) is 0 Å². The number of likely N-dealkylation sites (tertiary alicyclic amines) is 1. The largest absolute Gasteiger partial charge is 0.341 e. The summed E-state index contributed by atoms with van der Waals surface area (Å²) in [6, 6.07) is 18.6. The van der Waals surface area contributed by atoms with Crippen LogP contribution >= 0.6 is 24.8 Å². The van der Waals surface area contributed by atoms with E-state index < -0.39 is 6.04 Å². The van der Waals surface area contributed by atoms with E-state index in [0.29, 0.717) is 6.04 Å². The summed E-state index contributed by atoms with van der Waals surface area (Å²) in [5, 5.41) is 0.